The lowest BCUT2D eigenvalue weighted by atomic mass is 9.75. The van der Waals surface area contributed by atoms with Crippen molar-refractivity contribution >= 4 is 5.91 Å². The van der Waals surface area contributed by atoms with Crippen molar-refractivity contribution in [3.63, 3.8) is 0 Å². The summed E-state index contributed by atoms with van der Waals surface area (Å²) in [6.07, 6.45) is 4.28. The Bertz CT molecular complexity index is 478. The lowest BCUT2D eigenvalue weighted by Crippen LogP contribution is -2.51. The lowest BCUT2D eigenvalue weighted by Gasteiger charge is -2.37. The van der Waals surface area contributed by atoms with Crippen LogP contribution in [0.25, 0.3) is 0 Å². The van der Waals surface area contributed by atoms with Gasteiger partial charge in [0.05, 0.1) is 6.04 Å². The molecule has 1 aromatic rings. The quantitative estimate of drug-likeness (QED) is 0.866. The number of nitrogens with one attached hydrogen (secondary N) is 2. The first-order valence-corrected chi connectivity index (χ1v) is 7.43. The Morgan fingerprint density at radius 2 is 1.85 bits per heavy atom. The summed E-state index contributed by atoms with van der Waals surface area (Å²) < 4.78 is 12.9. The zero-order valence-electron chi connectivity index (χ0n) is 11.7. The van der Waals surface area contributed by atoms with Gasteiger partial charge in [0.25, 0.3) is 0 Å². The summed E-state index contributed by atoms with van der Waals surface area (Å²) in [7, 11) is 0. The third-order valence-electron chi connectivity index (χ3n) is 4.28. The summed E-state index contributed by atoms with van der Waals surface area (Å²) in [5.41, 5.74) is 1.19. The number of benzene rings is 1. The van der Waals surface area contributed by atoms with Gasteiger partial charge in [0.1, 0.15) is 5.82 Å². The molecule has 1 amide bonds. The number of hydrogen-bond donors (Lipinski definition) is 2. The minimum Gasteiger partial charge on any atom is -0.352 e. The molecule has 0 saturated heterocycles. The van der Waals surface area contributed by atoms with Gasteiger partial charge >= 0.3 is 0 Å². The van der Waals surface area contributed by atoms with Crippen LogP contribution < -0.4 is 10.6 Å². The van der Waals surface area contributed by atoms with E-state index in [0.717, 1.165) is 25.7 Å². The van der Waals surface area contributed by atoms with Gasteiger partial charge in [-0.3, -0.25) is 4.79 Å². The number of carbonyl (C=O) groups excluding carboxylic acids is 1. The van der Waals surface area contributed by atoms with Gasteiger partial charge in [-0.2, -0.15) is 0 Å². The molecule has 0 aliphatic heterocycles. The highest BCUT2D eigenvalue weighted by molar-refractivity contribution is 5.81. The molecule has 1 atom stereocenters. The molecule has 0 bridgehead atoms. The molecule has 0 heterocycles. The molecule has 1 aromatic carbocycles. The molecule has 108 valence electrons. The number of halogens is 1. The van der Waals surface area contributed by atoms with E-state index in [9.17, 15) is 9.18 Å². The Morgan fingerprint density at radius 3 is 2.45 bits per heavy atom. The average Bonchev–Trinajstić information content (AvgIpc) is 3.18. The summed E-state index contributed by atoms with van der Waals surface area (Å²) in [5.74, 6) is 0.414. The van der Waals surface area contributed by atoms with Crippen LogP contribution in [-0.4, -0.2) is 24.0 Å². The highest BCUT2D eigenvalue weighted by atomic mass is 19.1. The monoisotopic (exact) mass is 276 g/mol. The van der Waals surface area contributed by atoms with Crippen molar-refractivity contribution in [3.05, 3.63) is 35.6 Å². The van der Waals surface area contributed by atoms with Gasteiger partial charge in [0.15, 0.2) is 0 Å². The standard InChI is InChI=1S/C16H21FN2O/c1-10(16(20)19-14-6-7-14)18-15-8-12(9-15)11-2-4-13(17)5-3-11/h2-5,10,12,14-15,18H,6-9H2,1H3,(H,19,20). The SMILES string of the molecule is CC(NC1CC(c2ccc(F)cc2)C1)C(=O)NC1CC1. The fourth-order valence-corrected chi connectivity index (χ4v) is 2.74. The molecule has 2 aliphatic rings. The van der Waals surface area contributed by atoms with Gasteiger partial charge < -0.3 is 10.6 Å². The topological polar surface area (TPSA) is 41.1 Å². The molecule has 0 spiro atoms. The van der Waals surface area contributed by atoms with Crippen LogP contribution in [0.3, 0.4) is 0 Å². The first-order valence-electron chi connectivity index (χ1n) is 7.43. The van der Waals surface area contributed by atoms with Crippen molar-refractivity contribution in [3.8, 4) is 0 Å². The molecule has 2 saturated carbocycles. The normalized spacial score (nSPS) is 26.7. The number of carbonyl (C=O) groups is 1. The summed E-state index contributed by atoms with van der Waals surface area (Å²) in [4.78, 5) is 11.8. The second-order valence-corrected chi connectivity index (χ2v) is 6.09. The van der Waals surface area contributed by atoms with E-state index in [-0.39, 0.29) is 17.8 Å². The fourth-order valence-electron chi connectivity index (χ4n) is 2.74. The molecule has 2 aliphatic carbocycles. The molecule has 3 rings (SSSR count). The summed E-state index contributed by atoms with van der Waals surface area (Å²) in [5, 5.41) is 6.39. The lowest BCUT2D eigenvalue weighted by molar-refractivity contribution is -0.123. The van der Waals surface area contributed by atoms with Crippen LogP contribution in [0.15, 0.2) is 24.3 Å². The number of rotatable bonds is 5. The highest BCUT2D eigenvalue weighted by Crippen LogP contribution is 2.37. The Kier molecular flexibility index (Phi) is 3.74. The van der Waals surface area contributed by atoms with E-state index in [1.807, 2.05) is 19.1 Å². The molecular weight excluding hydrogens is 255 g/mol. The molecule has 0 aromatic heterocycles. The van der Waals surface area contributed by atoms with Crippen molar-refractivity contribution in [2.24, 2.45) is 0 Å². The van der Waals surface area contributed by atoms with Crippen molar-refractivity contribution < 1.29 is 9.18 Å². The largest absolute Gasteiger partial charge is 0.352 e. The van der Waals surface area contributed by atoms with Gasteiger partial charge in [-0.05, 0) is 56.2 Å². The van der Waals surface area contributed by atoms with Crippen LogP contribution >= 0.6 is 0 Å². The van der Waals surface area contributed by atoms with Crippen molar-refractivity contribution in [2.45, 2.75) is 56.7 Å². The predicted octanol–water partition coefficient (Wildman–Crippen LogP) is 2.33. The van der Waals surface area contributed by atoms with Gasteiger partial charge in [0.2, 0.25) is 5.91 Å². The molecule has 20 heavy (non-hydrogen) atoms. The van der Waals surface area contributed by atoms with Gasteiger partial charge in [0, 0.05) is 12.1 Å². The zero-order valence-corrected chi connectivity index (χ0v) is 11.7. The van der Waals surface area contributed by atoms with E-state index in [2.05, 4.69) is 10.6 Å². The second-order valence-electron chi connectivity index (χ2n) is 6.09. The maximum atomic E-state index is 12.9. The second kappa shape index (κ2) is 5.52. The van der Waals surface area contributed by atoms with Crippen molar-refractivity contribution in [1.82, 2.24) is 10.6 Å². The zero-order chi connectivity index (χ0) is 14.1. The number of amides is 1. The Morgan fingerprint density at radius 1 is 1.20 bits per heavy atom. The Labute approximate surface area is 118 Å². The average molecular weight is 276 g/mol. The predicted molar refractivity (Wildman–Crippen MR) is 75.9 cm³/mol. The summed E-state index contributed by atoms with van der Waals surface area (Å²) in [6, 6.07) is 7.43. The van der Waals surface area contributed by atoms with Gasteiger partial charge in [-0.15, -0.1) is 0 Å². The summed E-state index contributed by atoms with van der Waals surface area (Å²) in [6.45, 7) is 1.92. The van der Waals surface area contributed by atoms with E-state index in [4.69, 9.17) is 0 Å². The first kappa shape index (κ1) is 13.6. The first-order chi connectivity index (χ1) is 9.61. The molecule has 1 unspecified atom stereocenters. The van der Waals surface area contributed by atoms with E-state index < -0.39 is 0 Å². The third-order valence-corrected chi connectivity index (χ3v) is 4.28. The van der Waals surface area contributed by atoms with E-state index in [0.29, 0.717) is 18.0 Å². The van der Waals surface area contributed by atoms with E-state index in [1.54, 1.807) is 0 Å². The van der Waals surface area contributed by atoms with E-state index >= 15 is 0 Å². The molecule has 4 heteroatoms. The smallest absolute Gasteiger partial charge is 0.237 e. The van der Waals surface area contributed by atoms with Crippen LogP contribution in [0.4, 0.5) is 4.39 Å². The van der Waals surface area contributed by atoms with E-state index in [1.165, 1.54) is 17.7 Å². The van der Waals surface area contributed by atoms with Crippen molar-refractivity contribution in [1.29, 1.82) is 0 Å². The maximum Gasteiger partial charge on any atom is 0.237 e. The molecule has 2 N–H and O–H groups in total. The molecule has 2 fully saturated rings. The van der Waals surface area contributed by atoms with Crippen LogP contribution in [0.1, 0.15) is 44.1 Å². The van der Waals surface area contributed by atoms with Crippen molar-refractivity contribution in [2.75, 3.05) is 0 Å². The van der Waals surface area contributed by atoms with Gasteiger partial charge in [-0.1, -0.05) is 12.1 Å². The molecule has 3 nitrogen and oxygen atoms in total. The van der Waals surface area contributed by atoms with Crippen LogP contribution in [-0.2, 0) is 4.79 Å². The minimum absolute atomic E-state index is 0.109. The van der Waals surface area contributed by atoms with Crippen LogP contribution in [0, 0.1) is 5.82 Å². The Balaban J connectivity index is 1.43. The molecule has 0 radical (unpaired) electrons. The van der Waals surface area contributed by atoms with Crippen LogP contribution in [0.2, 0.25) is 0 Å². The summed E-state index contributed by atoms with van der Waals surface area (Å²) >= 11 is 0. The fraction of sp³-hybridized carbons (Fsp3) is 0.562. The molecular formula is C16H21FN2O. The maximum absolute atomic E-state index is 12.9. The van der Waals surface area contributed by atoms with Gasteiger partial charge in [-0.25, -0.2) is 4.39 Å². The highest BCUT2D eigenvalue weighted by Gasteiger charge is 2.33. The minimum atomic E-state index is -0.187. The Hall–Kier alpha value is -1.42. The third kappa shape index (κ3) is 3.18. The number of hydrogen-bond acceptors (Lipinski definition) is 2. The van der Waals surface area contributed by atoms with Crippen LogP contribution in [0.5, 0.6) is 0 Å².